The summed E-state index contributed by atoms with van der Waals surface area (Å²) in [4.78, 5) is 24.8. The van der Waals surface area contributed by atoms with Crippen molar-refractivity contribution >= 4 is 11.8 Å². The largest absolute Gasteiger partial charge is 1.00 e. The molecule has 0 saturated carbocycles. The molecule has 0 bridgehead atoms. The average Bonchev–Trinajstić information content (AvgIpc) is 2.70. The molecule has 1 aromatic rings. The average molecular weight is 255 g/mol. The fraction of sp³-hybridized carbons (Fsp3) is 0.308. The Bertz CT molecular complexity index is 422. The van der Waals surface area contributed by atoms with E-state index in [2.05, 4.69) is 4.74 Å². The van der Waals surface area contributed by atoms with Gasteiger partial charge in [0.25, 0.3) is 0 Å². The number of Topliss-reactive ketones (excluding diaryl/α,β-unsaturated/α-hetero) is 1. The predicted molar refractivity (Wildman–Crippen MR) is 62.0 cm³/mol. The molecule has 0 unspecified atom stereocenters. The van der Waals surface area contributed by atoms with Crippen molar-refractivity contribution in [1.29, 1.82) is 0 Å². The second-order valence-corrected chi connectivity index (χ2v) is 4.02. The number of nitrogens with zero attached hydrogens (tertiary/aromatic N) is 1. The number of methoxy groups -OCH3 is 1. The van der Waals surface area contributed by atoms with Crippen LogP contribution in [0.1, 0.15) is 5.56 Å². The van der Waals surface area contributed by atoms with E-state index in [9.17, 15) is 9.59 Å². The van der Waals surface area contributed by atoms with Gasteiger partial charge in [-0.15, -0.1) is 0 Å². The molecule has 1 aliphatic heterocycles. The number of ether oxygens (including phenoxy) is 1. The van der Waals surface area contributed by atoms with Crippen LogP contribution in [-0.2, 0) is 20.9 Å². The fourth-order valence-corrected chi connectivity index (χ4v) is 1.92. The Morgan fingerprint density at radius 3 is 2.67 bits per heavy atom. The van der Waals surface area contributed by atoms with Gasteiger partial charge in [0, 0.05) is 18.9 Å². The van der Waals surface area contributed by atoms with Crippen LogP contribution in [0.5, 0.6) is 0 Å². The summed E-state index contributed by atoms with van der Waals surface area (Å²) in [7, 11) is 1.29. The standard InChI is InChI=1S/C13H14NO3.Na/c1-17-13(16)11-8-14(9-12(11)15)7-10-5-3-2-4-6-10;/h2-6H,7-9H2,1H3;/q-1;+1. The normalized spacial score (nSPS) is 15.4. The zero-order chi connectivity index (χ0) is 12.3. The second kappa shape index (κ2) is 6.95. The molecule has 0 amide bonds. The molecule has 0 aromatic heterocycles. The number of rotatable bonds is 3. The maximum atomic E-state index is 11.6. The first-order chi connectivity index (χ1) is 8.20. The van der Waals surface area contributed by atoms with Crippen molar-refractivity contribution in [3.63, 3.8) is 0 Å². The minimum absolute atomic E-state index is 0. The summed E-state index contributed by atoms with van der Waals surface area (Å²) in [6.07, 6.45) is 0. The number of carbonyl (C=O) groups excluding carboxylic acids is 2. The zero-order valence-corrected chi connectivity index (χ0v) is 12.7. The molecule has 0 spiro atoms. The van der Waals surface area contributed by atoms with Crippen LogP contribution in [0.15, 0.2) is 30.3 Å². The van der Waals surface area contributed by atoms with E-state index in [-0.39, 0.29) is 41.3 Å². The Morgan fingerprint density at radius 1 is 1.39 bits per heavy atom. The third kappa shape index (κ3) is 3.59. The molecule has 1 aliphatic rings. The molecule has 0 radical (unpaired) electrons. The molecule has 1 heterocycles. The van der Waals surface area contributed by atoms with Crippen molar-refractivity contribution in [2.75, 3.05) is 20.2 Å². The monoisotopic (exact) mass is 255 g/mol. The molecule has 2 rings (SSSR count). The van der Waals surface area contributed by atoms with E-state index in [0.29, 0.717) is 19.6 Å². The molecule has 1 fully saturated rings. The minimum Gasteiger partial charge on any atom is -0.491 e. The number of hydrogen-bond donors (Lipinski definition) is 0. The van der Waals surface area contributed by atoms with Gasteiger partial charge < -0.3 is 14.4 Å². The van der Waals surface area contributed by atoms with Crippen molar-refractivity contribution in [2.24, 2.45) is 0 Å². The van der Waals surface area contributed by atoms with Crippen molar-refractivity contribution in [3.05, 3.63) is 41.8 Å². The summed E-state index contributed by atoms with van der Waals surface area (Å²) in [5, 5.41) is 0. The Labute approximate surface area is 129 Å². The van der Waals surface area contributed by atoms with Crippen LogP contribution in [0, 0.1) is 5.92 Å². The maximum absolute atomic E-state index is 11.6. The van der Waals surface area contributed by atoms with Gasteiger partial charge >= 0.3 is 29.6 Å². The molecule has 5 heteroatoms. The van der Waals surface area contributed by atoms with Crippen LogP contribution in [0.4, 0.5) is 0 Å². The van der Waals surface area contributed by atoms with Crippen LogP contribution >= 0.6 is 0 Å². The summed E-state index contributed by atoms with van der Waals surface area (Å²) < 4.78 is 4.58. The maximum Gasteiger partial charge on any atom is 1.00 e. The van der Waals surface area contributed by atoms with Gasteiger partial charge in [0.2, 0.25) is 0 Å². The van der Waals surface area contributed by atoms with Gasteiger partial charge in [-0.1, -0.05) is 36.9 Å². The van der Waals surface area contributed by atoms with Gasteiger partial charge in [-0.25, -0.2) is 0 Å². The summed E-state index contributed by atoms with van der Waals surface area (Å²) in [6.45, 7) is 1.34. The van der Waals surface area contributed by atoms with Crippen LogP contribution < -0.4 is 29.6 Å². The van der Waals surface area contributed by atoms with E-state index >= 15 is 0 Å². The van der Waals surface area contributed by atoms with Crippen molar-refractivity contribution in [1.82, 2.24) is 4.90 Å². The van der Waals surface area contributed by atoms with Gasteiger partial charge in [-0.2, -0.15) is 5.92 Å². The van der Waals surface area contributed by atoms with Gasteiger partial charge in [0.05, 0.1) is 7.11 Å². The quantitative estimate of drug-likeness (QED) is 0.350. The number of benzene rings is 1. The molecule has 0 atom stereocenters. The summed E-state index contributed by atoms with van der Waals surface area (Å²) in [5.41, 5.74) is 1.13. The van der Waals surface area contributed by atoms with Crippen molar-refractivity contribution in [2.45, 2.75) is 6.54 Å². The van der Waals surface area contributed by atoms with E-state index in [1.54, 1.807) is 0 Å². The van der Waals surface area contributed by atoms with Crippen LogP contribution in [0.25, 0.3) is 0 Å². The van der Waals surface area contributed by atoms with E-state index in [4.69, 9.17) is 0 Å². The van der Waals surface area contributed by atoms with Gasteiger partial charge in [-0.3, -0.25) is 4.79 Å². The smallest absolute Gasteiger partial charge is 0.491 e. The van der Waals surface area contributed by atoms with E-state index in [1.165, 1.54) is 7.11 Å². The van der Waals surface area contributed by atoms with Crippen LogP contribution in [-0.4, -0.2) is 36.9 Å². The van der Waals surface area contributed by atoms with Gasteiger partial charge in [-0.05, 0) is 5.56 Å². The third-order valence-electron chi connectivity index (χ3n) is 2.77. The first kappa shape index (κ1) is 15.2. The van der Waals surface area contributed by atoms with Crippen LogP contribution in [0.2, 0.25) is 0 Å². The summed E-state index contributed by atoms with van der Waals surface area (Å²) in [6, 6.07) is 9.86. The topological polar surface area (TPSA) is 46.6 Å². The fourth-order valence-electron chi connectivity index (χ4n) is 1.92. The van der Waals surface area contributed by atoms with E-state index in [0.717, 1.165) is 5.56 Å². The number of likely N-dealkylation sites (tertiary alicyclic amines) is 1. The van der Waals surface area contributed by atoms with Crippen molar-refractivity contribution in [3.8, 4) is 0 Å². The second-order valence-electron chi connectivity index (χ2n) is 4.02. The number of ketones is 1. The number of carbonyl (C=O) groups is 2. The van der Waals surface area contributed by atoms with E-state index < -0.39 is 5.97 Å². The Kier molecular flexibility index (Phi) is 5.88. The Hall–Kier alpha value is -0.810. The Morgan fingerprint density at radius 2 is 2.06 bits per heavy atom. The van der Waals surface area contributed by atoms with Crippen LogP contribution in [0.3, 0.4) is 0 Å². The molecule has 0 N–H and O–H groups in total. The third-order valence-corrected chi connectivity index (χ3v) is 2.77. The number of esters is 1. The first-order valence-electron chi connectivity index (χ1n) is 5.44. The molecular weight excluding hydrogens is 241 g/mol. The SMILES string of the molecule is COC(=O)[C-]1CN(Cc2ccccc2)CC1=O.[Na+]. The molecule has 90 valence electrons. The van der Waals surface area contributed by atoms with Crippen molar-refractivity contribution < 1.29 is 43.9 Å². The summed E-state index contributed by atoms with van der Waals surface area (Å²) >= 11 is 0. The minimum atomic E-state index is -0.509. The summed E-state index contributed by atoms with van der Waals surface area (Å²) in [5.74, 6) is -0.387. The zero-order valence-electron chi connectivity index (χ0n) is 10.7. The van der Waals surface area contributed by atoms with Gasteiger partial charge in [0.15, 0.2) is 5.97 Å². The molecule has 4 nitrogen and oxygen atoms in total. The van der Waals surface area contributed by atoms with Gasteiger partial charge in [0.1, 0.15) is 0 Å². The van der Waals surface area contributed by atoms with E-state index in [1.807, 2.05) is 35.2 Å². The molecule has 18 heavy (non-hydrogen) atoms. The molecule has 1 saturated heterocycles. The Balaban J connectivity index is 0.00000162. The predicted octanol–water partition coefficient (Wildman–Crippen LogP) is -2.18. The molecular formula is C13H14NNaO3. The molecule has 1 aromatic carbocycles. The number of hydrogen-bond acceptors (Lipinski definition) is 4. The first-order valence-corrected chi connectivity index (χ1v) is 5.44. The molecule has 0 aliphatic carbocycles.